The monoisotopic (exact) mass is 306 g/mol. The highest BCUT2D eigenvalue weighted by Gasteiger charge is 2.12. The van der Waals surface area contributed by atoms with Crippen molar-refractivity contribution in [2.45, 2.75) is 5.16 Å². The van der Waals surface area contributed by atoms with Gasteiger partial charge in [-0.3, -0.25) is 19.7 Å². The number of thioether (sulfide) groups is 1. The molecule has 2 aromatic rings. The minimum absolute atomic E-state index is 0.0203. The van der Waals surface area contributed by atoms with Gasteiger partial charge in [0.2, 0.25) is 0 Å². The number of Topliss-reactive ketones (excluding diaryl/α,β-unsaturated/α-hetero) is 1. The van der Waals surface area contributed by atoms with Crippen molar-refractivity contribution in [1.29, 1.82) is 0 Å². The van der Waals surface area contributed by atoms with Crippen LogP contribution in [0.2, 0.25) is 0 Å². The Hall–Kier alpha value is -2.68. The van der Waals surface area contributed by atoms with Gasteiger partial charge >= 0.3 is 0 Å². The molecule has 0 aliphatic heterocycles. The van der Waals surface area contributed by atoms with E-state index in [4.69, 9.17) is 5.73 Å². The number of aromatic nitrogens is 2. The number of hydrogen-bond acceptors (Lipinski definition) is 7. The van der Waals surface area contributed by atoms with E-state index in [1.165, 1.54) is 24.3 Å². The maximum absolute atomic E-state index is 12.0. The summed E-state index contributed by atoms with van der Waals surface area (Å²) in [5.74, 6) is -0.272. The maximum atomic E-state index is 12.0. The van der Waals surface area contributed by atoms with Crippen LogP contribution in [0.5, 0.6) is 0 Å². The van der Waals surface area contributed by atoms with Crippen LogP contribution in [-0.4, -0.2) is 26.4 Å². The second kappa shape index (κ2) is 6.18. The number of carbonyl (C=O) groups excluding carboxylic acids is 1. The Bertz CT molecular complexity index is 759. The van der Waals surface area contributed by atoms with Gasteiger partial charge in [0.25, 0.3) is 11.2 Å². The van der Waals surface area contributed by atoms with Crippen LogP contribution in [-0.2, 0) is 0 Å². The largest absolute Gasteiger partial charge is 0.383 e. The molecule has 0 bridgehead atoms. The molecular formula is C12H10N4O4S. The van der Waals surface area contributed by atoms with Crippen LogP contribution in [0.4, 0.5) is 11.5 Å². The molecule has 2 rings (SSSR count). The third-order valence-electron chi connectivity index (χ3n) is 2.46. The third-order valence-corrected chi connectivity index (χ3v) is 3.33. The van der Waals surface area contributed by atoms with Gasteiger partial charge in [-0.2, -0.15) is 0 Å². The molecule has 0 saturated heterocycles. The van der Waals surface area contributed by atoms with Crippen molar-refractivity contribution >= 4 is 29.1 Å². The number of H-pyrrole nitrogens is 1. The Kier molecular flexibility index (Phi) is 4.33. The van der Waals surface area contributed by atoms with Crippen molar-refractivity contribution in [3.05, 3.63) is 56.4 Å². The molecule has 21 heavy (non-hydrogen) atoms. The Morgan fingerprint density at radius 1 is 1.43 bits per heavy atom. The lowest BCUT2D eigenvalue weighted by Gasteiger charge is -2.02. The number of nitrogens with one attached hydrogen (secondary N) is 1. The van der Waals surface area contributed by atoms with Crippen molar-refractivity contribution < 1.29 is 9.72 Å². The summed E-state index contributed by atoms with van der Waals surface area (Å²) in [5.41, 5.74) is 5.09. The van der Waals surface area contributed by atoms with Crippen molar-refractivity contribution in [3.63, 3.8) is 0 Å². The van der Waals surface area contributed by atoms with Gasteiger partial charge in [-0.25, -0.2) is 4.98 Å². The van der Waals surface area contributed by atoms with Crippen molar-refractivity contribution in [3.8, 4) is 0 Å². The highest BCUT2D eigenvalue weighted by Crippen LogP contribution is 2.17. The van der Waals surface area contributed by atoms with E-state index in [1.807, 2.05) is 0 Å². The predicted octanol–water partition coefficient (Wildman–Crippen LogP) is 1.24. The number of aromatic amines is 1. The first kappa shape index (κ1) is 14.7. The second-order valence-electron chi connectivity index (χ2n) is 3.99. The fraction of sp³-hybridized carbons (Fsp3) is 0.0833. The van der Waals surface area contributed by atoms with E-state index in [0.717, 1.165) is 17.8 Å². The number of non-ortho nitro benzene ring substituents is 1. The standard InChI is InChI=1S/C12H10N4O4S/c13-10-5-11(18)15-12(14-10)21-6-9(17)7-2-1-3-8(4-7)16(19)20/h1-5H,6H2,(H3,13,14,15,18). The molecule has 0 fully saturated rings. The van der Waals surface area contributed by atoms with Crippen molar-refractivity contribution in [2.75, 3.05) is 11.5 Å². The van der Waals surface area contributed by atoms with Gasteiger partial charge in [0.15, 0.2) is 10.9 Å². The quantitative estimate of drug-likeness (QED) is 0.279. The van der Waals surface area contributed by atoms with Crippen LogP contribution in [0.3, 0.4) is 0 Å². The lowest BCUT2D eigenvalue weighted by atomic mass is 10.1. The molecular weight excluding hydrogens is 296 g/mol. The second-order valence-corrected chi connectivity index (χ2v) is 4.96. The van der Waals surface area contributed by atoms with Gasteiger partial charge < -0.3 is 10.7 Å². The molecule has 3 N–H and O–H groups in total. The van der Waals surface area contributed by atoms with E-state index in [2.05, 4.69) is 9.97 Å². The fourth-order valence-corrected chi connectivity index (χ4v) is 2.31. The van der Waals surface area contributed by atoms with E-state index in [1.54, 1.807) is 0 Å². The number of rotatable bonds is 5. The first-order valence-corrected chi connectivity index (χ1v) is 6.71. The zero-order valence-electron chi connectivity index (χ0n) is 10.6. The van der Waals surface area contributed by atoms with Gasteiger partial charge in [-0.1, -0.05) is 23.9 Å². The summed E-state index contributed by atoms with van der Waals surface area (Å²) in [7, 11) is 0. The molecule has 0 saturated carbocycles. The number of nitro groups is 1. The molecule has 9 heteroatoms. The molecule has 0 aliphatic rings. The topological polar surface area (TPSA) is 132 Å². The lowest BCUT2D eigenvalue weighted by Crippen LogP contribution is -2.11. The van der Waals surface area contributed by atoms with Crippen molar-refractivity contribution in [2.24, 2.45) is 0 Å². The van der Waals surface area contributed by atoms with Gasteiger partial charge in [0.05, 0.1) is 10.7 Å². The van der Waals surface area contributed by atoms with Gasteiger partial charge in [0, 0.05) is 23.8 Å². The predicted molar refractivity (Wildman–Crippen MR) is 77.4 cm³/mol. The van der Waals surface area contributed by atoms with Crippen LogP contribution in [0, 0.1) is 10.1 Å². The number of ketones is 1. The number of hydrogen-bond donors (Lipinski definition) is 2. The maximum Gasteiger partial charge on any atom is 0.270 e. The van der Waals surface area contributed by atoms with Crippen LogP contribution in [0.15, 0.2) is 40.3 Å². The number of nitrogens with zero attached hydrogens (tertiary/aromatic N) is 2. The molecule has 8 nitrogen and oxygen atoms in total. The number of carbonyl (C=O) groups is 1. The van der Waals surface area contributed by atoms with Gasteiger partial charge in [-0.05, 0) is 0 Å². The van der Waals surface area contributed by atoms with E-state index in [-0.39, 0.29) is 33.8 Å². The lowest BCUT2D eigenvalue weighted by molar-refractivity contribution is -0.384. The Morgan fingerprint density at radius 3 is 2.86 bits per heavy atom. The highest BCUT2D eigenvalue weighted by atomic mass is 32.2. The smallest absolute Gasteiger partial charge is 0.270 e. The molecule has 1 heterocycles. The summed E-state index contributed by atoms with van der Waals surface area (Å²) in [6, 6.07) is 6.58. The molecule has 0 amide bonds. The summed E-state index contributed by atoms with van der Waals surface area (Å²) < 4.78 is 0. The van der Waals surface area contributed by atoms with E-state index in [9.17, 15) is 19.7 Å². The van der Waals surface area contributed by atoms with E-state index >= 15 is 0 Å². The number of anilines is 1. The summed E-state index contributed by atoms with van der Waals surface area (Å²) >= 11 is 1.000. The van der Waals surface area contributed by atoms with Gasteiger partial charge in [-0.15, -0.1) is 0 Å². The molecule has 0 unspecified atom stereocenters. The molecule has 0 atom stereocenters. The zero-order valence-corrected chi connectivity index (χ0v) is 11.4. The molecule has 108 valence electrons. The average molecular weight is 306 g/mol. The SMILES string of the molecule is Nc1cc(=O)[nH]c(SCC(=O)c2cccc([N+](=O)[O-])c2)n1. The molecule has 1 aromatic carbocycles. The van der Waals surface area contributed by atoms with Gasteiger partial charge in [0.1, 0.15) is 5.82 Å². The van der Waals surface area contributed by atoms with Crippen LogP contribution in [0.25, 0.3) is 0 Å². The molecule has 0 spiro atoms. The number of nitrogen functional groups attached to an aromatic ring is 1. The molecule has 0 aliphatic carbocycles. The van der Waals surface area contributed by atoms with Crippen LogP contribution in [0.1, 0.15) is 10.4 Å². The minimum atomic E-state index is -0.569. The fourth-order valence-electron chi connectivity index (χ4n) is 1.53. The van der Waals surface area contributed by atoms with E-state index in [0.29, 0.717) is 0 Å². The van der Waals surface area contributed by atoms with Crippen molar-refractivity contribution in [1.82, 2.24) is 9.97 Å². The number of benzene rings is 1. The molecule has 1 aromatic heterocycles. The summed E-state index contributed by atoms with van der Waals surface area (Å²) in [6.07, 6.45) is 0. The summed E-state index contributed by atoms with van der Waals surface area (Å²) in [6.45, 7) is 0. The normalized spacial score (nSPS) is 10.3. The average Bonchev–Trinajstić information content (AvgIpc) is 2.44. The Morgan fingerprint density at radius 2 is 2.19 bits per heavy atom. The number of nitrogens with two attached hydrogens (primary N) is 1. The zero-order chi connectivity index (χ0) is 15.4. The third kappa shape index (κ3) is 3.89. The van der Waals surface area contributed by atoms with E-state index < -0.39 is 10.5 Å². The number of nitro benzene ring substituents is 1. The first-order chi connectivity index (χ1) is 9.95. The Labute approximate surface area is 122 Å². The Balaban J connectivity index is 2.09. The highest BCUT2D eigenvalue weighted by molar-refractivity contribution is 7.99. The summed E-state index contributed by atoms with van der Waals surface area (Å²) in [4.78, 5) is 39.6. The van der Waals surface area contributed by atoms with Crippen LogP contribution >= 0.6 is 11.8 Å². The van der Waals surface area contributed by atoms with Crippen LogP contribution < -0.4 is 11.3 Å². The molecule has 0 radical (unpaired) electrons. The minimum Gasteiger partial charge on any atom is -0.383 e. The first-order valence-electron chi connectivity index (χ1n) is 5.73. The summed E-state index contributed by atoms with van der Waals surface area (Å²) in [5, 5.41) is 10.9.